The Morgan fingerprint density at radius 1 is 0.625 bits per heavy atom. The third-order valence-electron chi connectivity index (χ3n) is 10.0. The van der Waals surface area contributed by atoms with Gasteiger partial charge in [0, 0.05) is 31.7 Å². The number of rotatable bonds is 29. The lowest BCUT2D eigenvalue weighted by molar-refractivity contribution is -0.882. The van der Waals surface area contributed by atoms with Crippen LogP contribution in [-0.2, 0) is 22.4 Å². The van der Waals surface area contributed by atoms with Gasteiger partial charge in [0.15, 0.2) is 13.1 Å². The second-order valence-electron chi connectivity index (χ2n) is 16.1. The van der Waals surface area contributed by atoms with Crippen LogP contribution in [0.15, 0.2) is 61.7 Å². The van der Waals surface area contributed by atoms with Crippen molar-refractivity contribution < 1.29 is 62.0 Å². The Morgan fingerprint density at radius 3 is 1.48 bits per heavy atom. The standard InChI is InChI=1S/C46H76N4O4.2BrH/c1-11-17-27-47(28-18-12-2)45(51)37-49(7,8)31-33-53-43-26-24-40(36-41(43)22-16-6)42-35-39(21-15-5)23-25-44(42)54-34-32-50(9,10)38-46(52)48(29-19-13-3)30-20-14-4;;/h15-16,23-26,35-36H,5-6,11-14,17-22,27-34,37-38H2,1-4,7-10H3;2*1H/q+2;;/p-2. The fraction of sp³-hybridized carbons (Fsp3) is 0.609. The average Bonchev–Trinajstić information content (AvgIpc) is 3.12. The second kappa shape index (κ2) is 28.7. The lowest BCUT2D eigenvalue weighted by Gasteiger charge is -2.32. The van der Waals surface area contributed by atoms with Crippen molar-refractivity contribution in [3.05, 3.63) is 72.8 Å². The highest BCUT2D eigenvalue weighted by Gasteiger charge is 2.26. The van der Waals surface area contributed by atoms with Gasteiger partial charge in [-0.15, -0.1) is 13.2 Å². The first-order valence-corrected chi connectivity index (χ1v) is 20.8. The third-order valence-corrected chi connectivity index (χ3v) is 10.0. The average molecular weight is 909 g/mol. The van der Waals surface area contributed by atoms with Crippen molar-refractivity contribution in [2.24, 2.45) is 0 Å². The van der Waals surface area contributed by atoms with E-state index >= 15 is 0 Å². The minimum Gasteiger partial charge on any atom is -1.00 e. The summed E-state index contributed by atoms with van der Waals surface area (Å²) in [5, 5.41) is 0. The van der Waals surface area contributed by atoms with Crippen LogP contribution in [0.2, 0.25) is 0 Å². The third kappa shape index (κ3) is 19.7. The van der Waals surface area contributed by atoms with Crippen molar-refractivity contribution in [1.29, 1.82) is 0 Å². The number of benzene rings is 2. The van der Waals surface area contributed by atoms with Gasteiger partial charge >= 0.3 is 0 Å². The molecule has 2 aromatic rings. The molecule has 2 amide bonds. The summed E-state index contributed by atoms with van der Waals surface area (Å²) >= 11 is 0. The maximum atomic E-state index is 13.3. The van der Waals surface area contributed by atoms with E-state index in [0.29, 0.717) is 54.8 Å². The van der Waals surface area contributed by atoms with E-state index in [1.54, 1.807) is 0 Å². The van der Waals surface area contributed by atoms with E-state index in [1.807, 2.05) is 12.2 Å². The molecule has 0 unspecified atom stereocenters. The van der Waals surface area contributed by atoms with Gasteiger partial charge in [-0.2, -0.15) is 0 Å². The molecule has 0 atom stereocenters. The molecule has 0 bridgehead atoms. The number of unbranched alkanes of at least 4 members (excludes halogenated alkanes) is 4. The highest BCUT2D eigenvalue weighted by atomic mass is 79.9. The van der Waals surface area contributed by atoms with Gasteiger partial charge in [0.05, 0.1) is 28.2 Å². The summed E-state index contributed by atoms with van der Waals surface area (Å²) in [7, 11) is 8.44. The van der Waals surface area contributed by atoms with Gasteiger partial charge in [0.1, 0.15) is 37.8 Å². The first kappa shape index (κ1) is 53.3. The van der Waals surface area contributed by atoms with Crippen molar-refractivity contribution in [3.8, 4) is 22.6 Å². The Hall–Kier alpha value is -2.66. The van der Waals surface area contributed by atoms with E-state index < -0.39 is 0 Å². The van der Waals surface area contributed by atoms with Crippen LogP contribution >= 0.6 is 0 Å². The monoisotopic (exact) mass is 906 g/mol. The highest BCUT2D eigenvalue weighted by Crippen LogP contribution is 2.35. The maximum absolute atomic E-state index is 13.3. The summed E-state index contributed by atoms with van der Waals surface area (Å²) < 4.78 is 14.0. The van der Waals surface area contributed by atoms with Gasteiger partial charge in [-0.05, 0) is 79.5 Å². The maximum Gasteiger partial charge on any atom is 0.277 e. The van der Waals surface area contributed by atoms with E-state index in [1.165, 1.54) is 0 Å². The molecule has 0 heterocycles. The molecule has 0 aromatic heterocycles. The molecule has 0 saturated heterocycles. The van der Waals surface area contributed by atoms with Crippen molar-refractivity contribution >= 4 is 11.8 Å². The first-order valence-electron chi connectivity index (χ1n) is 20.8. The molecule has 318 valence electrons. The van der Waals surface area contributed by atoms with Crippen LogP contribution < -0.4 is 43.4 Å². The molecule has 0 spiro atoms. The molecule has 8 nitrogen and oxygen atoms in total. The van der Waals surface area contributed by atoms with Crippen LogP contribution in [0, 0.1) is 0 Å². The molecule has 0 aliphatic heterocycles. The molecule has 56 heavy (non-hydrogen) atoms. The first-order chi connectivity index (χ1) is 25.8. The predicted octanol–water partition coefficient (Wildman–Crippen LogP) is 2.59. The zero-order chi connectivity index (χ0) is 40.0. The fourth-order valence-electron chi connectivity index (χ4n) is 6.44. The summed E-state index contributed by atoms with van der Waals surface area (Å²) in [5.41, 5.74) is 4.29. The number of hydrogen-bond acceptors (Lipinski definition) is 4. The van der Waals surface area contributed by atoms with Crippen LogP contribution in [0.1, 0.15) is 90.2 Å². The highest BCUT2D eigenvalue weighted by molar-refractivity contribution is 5.78. The topological polar surface area (TPSA) is 59.1 Å². The van der Waals surface area contributed by atoms with E-state index in [-0.39, 0.29) is 45.8 Å². The Labute approximate surface area is 363 Å². The van der Waals surface area contributed by atoms with Crippen molar-refractivity contribution in [2.45, 2.75) is 91.9 Å². The molecule has 10 heteroatoms. The summed E-state index contributed by atoms with van der Waals surface area (Å²) in [6, 6.07) is 12.7. The minimum atomic E-state index is 0. The molecule has 0 saturated carbocycles. The number of carbonyl (C=O) groups excluding carboxylic acids is 2. The van der Waals surface area contributed by atoms with Crippen molar-refractivity contribution in [1.82, 2.24) is 9.80 Å². The number of carbonyl (C=O) groups is 2. The summed E-state index contributed by atoms with van der Waals surface area (Å²) in [6.07, 6.45) is 13.7. The number of nitrogens with zero attached hydrogens (tertiary/aromatic N) is 4. The van der Waals surface area contributed by atoms with E-state index in [9.17, 15) is 9.59 Å². The second-order valence-corrected chi connectivity index (χ2v) is 16.1. The number of allylic oxidation sites excluding steroid dienone is 2. The lowest BCUT2D eigenvalue weighted by Crippen LogP contribution is -3.00. The Morgan fingerprint density at radius 2 is 1.05 bits per heavy atom. The van der Waals surface area contributed by atoms with Gasteiger partial charge in [0.2, 0.25) is 0 Å². The van der Waals surface area contributed by atoms with Crippen LogP contribution in [0.25, 0.3) is 11.1 Å². The normalized spacial score (nSPS) is 11.2. The zero-order valence-corrected chi connectivity index (χ0v) is 39.5. The quantitative estimate of drug-likeness (QED) is 0.0932. The number of quaternary nitrogens is 2. The molecule has 2 aromatic carbocycles. The minimum absolute atomic E-state index is 0. The molecule has 0 fully saturated rings. The van der Waals surface area contributed by atoms with Gasteiger partial charge in [-0.25, -0.2) is 0 Å². The fourth-order valence-corrected chi connectivity index (χ4v) is 6.44. The van der Waals surface area contributed by atoms with Gasteiger partial charge < -0.3 is 62.2 Å². The Kier molecular flexibility index (Phi) is 27.3. The van der Waals surface area contributed by atoms with E-state index in [2.05, 4.69) is 115 Å². The number of halogens is 2. The SMILES string of the molecule is C=CCc1ccc(OCC[N+](C)(C)CC(=O)N(CCCC)CCCC)c(-c2ccc(OCC[N+](C)(C)CC(=O)N(CCCC)CCCC)c(CC=C)c2)c1.[Br-].[Br-]. The summed E-state index contributed by atoms with van der Waals surface area (Å²) in [4.78, 5) is 30.7. The zero-order valence-electron chi connectivity index (χ0n) is 36.4. The molecule has 0 aliphatic carbocycles. The van der Waals surface area contributed by atoms with Crippen LogP contribution in [0.3, 0.4) is 0 Å². The van der Waals surface area contributed by atoms with E-state index in [4.69, 9.17) is 9.47 Å². The van der Waals surface area contributed by atoms with Crippen LogP contribution in [0.5, 0.6) is 11.5 Å². The van der Waals surface area contributed by atoms with Gasteiger partial charge in [0.25, 0.3) is 11.8 Å². The number of ether oxygens (including phenoxy) is 2. The Bertz CT molecular complexity index is 1430. The largest absolute Gasteiger partial charge is 1.00 e. The molecular weight excluding hydrogens is 832 g/mol. The van der Waals surface area contributed by atoms with Gasteiger partial charge in [-0.1, -0.05) is 77.7 Å². The Balaban J connectivity index is 0.0000151. The lowest BCUT2D eigenvalue weighted by atomic mass is 9.97. The number of likely N-dealkylation sites (N-methyl/N-ethyl adjacent to an activating group) is 2. The van der Waals surface area contributed by atoms with Crippen molar-refractivity contribution in [3.63, 3.8) is 0 Å². The molecule has 0 radical (unpaired) electrons. The summed E-state index contributed by atoms with van der Waals surface area (Å²) in [6.45, 7) is 23.3. The van der Waals surface area contributed by atoms with Crippen LogP contribution in [-0.4, -0.2) is 124 Å². The molecular formula is C46H76Br2N4O4. The predicted molar refractivity (Wildman–Crippen MR) is 227 cm³/mol. The number of amides is 2. The molecule has 2 rings (SSSR count). The summed E-state index contributed by atoms with van der Waals surface area (Å²) in [5.74, 6) is 2.09. The van der Waals surface area contributed by atoms with Gasteiger partial charge in [-0.3, -0.25) is 9.59 Å². The smallest absolute Gasteiger partial charge is 0.277 e. The van der Waals surface area contributed by atoms with Crippen LogP contribution in [0.4, 0.5) is 0 Å². The van der Waals surface area contributed by atoms with E-state index in [0.717, 1.165) is 118 Å². The molecule has 0 aliphatic rings. The molecule has 0 N–H and O–H groups in total. The number of hydrogen-bond donors (Lipinski definition) is 0. The van der Waals surface area contributed by atoms with Crippen molar-refractivity contribution in [2.75, 3.05) is 93.8 Å².